The van der Waals surface area contributed by atoms with E-state index < -0.39 is 152 Å². The van der Waals surface area contributed by atoms with E-state index in [0.29, 0.717) is 12.7 Å². The maximum absolute atomic E-state index is 13.9. The summed E-state index contributed by atoms with van der Waals surface area (Å²) in [5, 5.41) is 69.1. The Balaban J connectivity index is 1.86. The third kappa shape index (κ3) is 18.6. The van der Waals surface area contributed by atoms with Crippen LogP contribution in [0.4, 0.5) is 0 Å². The standard InChI is InChI=1S/C53H91NO20/c1-16-37(57)36(26-67-52-49(66-15)48(65-14)44(62)31(7)69-52)22-28(4)17-18-38(58)29(5)23-35(19-20-55)46(30(6)39(24-40(59)60)71-34(10)56)74-51-45(63)43(54(12)13)47(32(8)70-51)73-42-25-53(11,64)50(33(9)68-42)72-41(61)21-27(2)3/h17-18,20,22,27-33,35-37,39,42-52,57-58,62-64H,16,19,21,23-26H2,1-15H3,(H,59,60)/q-2/p-1/b38-18-/t28-,29+,30-,31+,32+,33-,35-,36+,37+,39+,42-,43+,44+,45+,46+,47+,48+,49+,50-,51-,52+,53+/m0/s1. The number of aliphatic carboxylic acids is 1. The van der Waals surface area contributed by atoms with Crippen molar-refractivity contribution in [3.8, 4) is 0 Å². The smallest absolute Gasteiger partial charge is 0.307 e. The lowest BCUT2D eigenvalue weighted by molar-refractivity contribution is -0.342. The topological polar surface area (TPSA) is 288 Å². The predicted molar refractivity (Wildman–Crippen MR) is 265 cm³/mol. The van der Waals surface area contributed by atoms with E-state index in [-0.39, 0.29) is 49.9 Å². The van der Waals surface area contributed by atoms with E-state index in [9.17, 15) is 49.8 Å². The lowest BCUT2D eigenvalue weighted by Crippen LogP contribution is -2.65. The van der Waals surface area contributed by atoms with Gasteiger partial charge in [0.2, 0.25) is 0 Å². The van der Waals surface area contributed by atoms with Gasteiger partial charge in [-0.25, -0.2) is 12.0 Å². The highest BCUT2D eigenvalue weighted by molar-refractivity contribution is 5.70. The number of rotatable bonds is 30. The van der Waals surface area contributed by atoms with E-state index in [1.807, 2.05) is 34.1 Å². The van der Waals surface area contributed by atoms with Gasteiger partial charge in [0.05, 0.1) is 36.9 Å². The number of ether oxygens (including phenoxy) is 10. The molecule has 0 radical (unpaired) electrons. The van der Waals surface area contributed by atoms with Gasteiger partial charge in [-0.15, -0.1) is 18.8 Å². The van der Waals surface area contributed by atoms with Crippen LogP contribution in [-0.4, -0.2) is 193 Å². The molecule has 5 N–H and O–H groups in total. The summed E-state index contributed by atoms with van der Waals surface area (Å²) in [7, 11) is 6.36. The number of hydrogen-bond acceptors (Lipinski definition) is 20. The minimum Gasteiger partial charge on any atom is -0.956 e. The van der Waals surface area contributed by atoms with E-state index in [4.69, 9.17) is 47.4 Å². The average Bonchev–Trinajstić information content (AvgIpc) is 3.30. The quantitative estimate of drug-likeness (QED) is 0.0299. The molecule has 21 heteroatoms. The van der Waals surface area contributed by atoms with Gasteiger partial charge in [-0.1, -0.05) is 41.0 Å². The number of likely N-dealkylation sites (N-methyl/N-ethyl adjacent to an activating group) is 1. The second-order valence-corrected chi connectivity index (χ2v) is 21.5. The van der Waals surface area contributed by atoms with E-state index >= 15 is 0 Å². The molecule has 74 heavy (non-hydrogen) atoms. The van der Waals surface area contributed by atoms with E-state index in [2.05, 4.69) is 0 Å². The number of carbonyl (C=O) groups is 4. The maximum atomic E-state index is 13.9. The number of carboxylic acids is 1. The molecular weight excluding hydrogens is 971 g/mol. The highest BCUT2D eigenvalue weighted by Crippen LogP contribution is 2.39. The highest BCUT2D eigenvalue weighted by atomic mass is 16.7. The van der Waals surface area contributed by atoms with Gasteiger partial charge >= 0.3 is 17.9 Å². The first-order valence-electron chi connectivity index (χ1n) is 26.1. The minimum absolute atomic E-state index is 0.0299. The third-order valence-corrected chi connectivity index (χ3v) is 14.4. The van der Waals surface area contributed by atoms with Crippen LogP contribution in [0.25, 0.3) is 0 Å². The number of methoxy groups -OCH3 is 2. The van der Waals surface area contributed by atoms with E-state index in [1.54, 1.807) is 67.0 Å². The molecule has 0 aliphatic carbocycles. The Hall–Kier alpha value is -3.03. The maximum Gasteiger partial charge on any atom is 0.307 e. The van der Waals surface area contributed by atoms with Crippen molar-refractivity contribution in [1.82, 2.24) is 4.90 Å². The Labute approximate surface area is 438 Å². The summed E-state index contributed by atoms with van der Waals surface area (Å²) in [4.78, 5) is 51.3. The zero-order valence-corrected chi connectivity index (χ0v) is 46.3. The first-order chi connectivity index (χ1) is 34.6. The van der Waals surface area contributed by atoms with Crippen molar-refractivity contribution in [2.45, 2.75) is 218 Å². The number of carbonyl (C=O) groups excluding carboxylic acids is 3. The number of aliphatic hydroxyl groups excluding tert-OH is 3. The first kappa shape index (κ1) is 65.3. The fraction of sp³-hybridized carbons (Fsp3) is 0.849. The zero-order valence-electron chi connectivity index (χ0n) is 46.3. The van der Waals surface area contributed by atoms with Crippen LogP contribution >= 0.6 is 0 Å². The molecule has 22 atom stereocenters. The van der Waals surface area contributed by atoms with Crippen molar-refractivity contribution in [1.29, 1.82) is 0 Å². The number of aldehydes is 1. The number of aliphatic hydroxyl groups is 4. The number of nitrogens with zero attached hydrogens (tertiary/aromatic N) is 1. The van der Waals surface area contributed by atoms with Crippen LogP contribution in [0.1, 0.15) is 115 Å². The van der Waals surface area contributed by atoms with Crippen LogP contribution < -0.4 is 5.11 Å². The molecule has 0 aromatic heterocycles. The molecule has 3 aliphatic rings. The Morgan fingerprint density at radius 1 is 0.919 bits per heavy atom. The molecule has 0 saturated carbocycles. The number of hydrogen-bond donors (Lipinski definition) is 5. The van der Waals surface area contributed by atoms with Gasteiger partial charge in [-0.3, -0.25) is 20.8 Å². The zero-order chi connectivity index (χ0) is 55.9. The third-order valence-electron chi connectivity index (χ3n) is 14.4. The molecule has 3 saturated heterocycles. The van der Waals surface area contributed by atoms with Crippen molar-refractivity contribution >= 4 is 24.2 Å². The summed E-state index contributed by atoms with van der Waals surface area (Å²) >= 11 is 0. The summed E-state index contributed by atoms with van der Waals surface area (Å²) in [6.45, 7) is 18.5. The fourth-order valence-electron chi connectivity index (χ4n) is 10.3. The van der Waals surface area contributed by atoms with Gasteiger partial charge < -0.3 is 99.9 Å². The summed E-state index contributed by atoms with van der Waals surface area (Å²) in [6, 6.07) is -0.837. The molecule has 0 spiro atoms. The van der Waals surface area contributed by atoms with Crippen LogP contribution in [0.5, 0.6) is 0 Å². The second-order valence-electron chi connectivity index (χ2n) is 21.5. The van der Waals surface area contributed by atoms with E-state index in [0.717, 1.165) is 6.92 Å². The molecule has 0 unspecified atom stereocenters. The van der Waals surface area contributed by atoms with Crippen molar-refractivity contribution in [3.05, 3.63) is 24.7 Å². The molecule has 3 fully saturated rings. The molecule has 0 amide bonds. The van der Waals surface area contributed by atoms with Crippen LogP contribution in [-0.2, 0) is 66.5 Å². The van der Waals surface area contributed by atoms with E-state index in [1.165, 1.54) is 20.3 Å². The summed E-state index contributed by atoms with van der Waals surface area (Å²) in [5.74, 6) is -6.04. The second kappa shape index (κ2) is 30.2. The van der Waals surface area contributed by atoms with Gasteiger partial charge in [0.25, 0.3) is 0 Å². The monoisotopic (exact) mass is 1060 g/mol. The lowest BCUT2D eigenvalue weighted by Gasteiger charge is -2.50. The van der Waals surface area contributed by atoms with Gasteiger partial charge in [0.1, 0.15) is 48.5 Å². The summed E-state index contributed by atoms with van der Waals surface area (Å²) in [6.07, 6.45) is -9.06. The van der Waals surface area contributed by atoms with Crippen molar-refractivity contribution < 1.29 is 97.2 Å². The molecule has 3 aliphatic heterocycles. The predicted octanol–water partition coefficient (Wildman–Crippen LogP) is 2.74. The SMILES string of the molecule is CC[C@@H](O)[C@H]([CH-][C@@H](C)[CH-]/C=C(\[O-])[C@H](C)C[C@H](CC=O)[C@H](O[C@@H]1O[C@H](C)[C@@H](O[C@H]2C[C@@](C)(O)[C@@H](OC(=O)CC(C)C)[C@H](C)O2)[C@H](N(C)C)[C@H]1O)[C@@H](C)[C@@H](CC(=O)O)OC(C)=O)CO[C@@H]1O[C@H](C)[C@@H](O)[C@@H](OC)[C@H]1OC. The molecule has 0 aromatic rings. The number of carboxylic acid groups (broad SMARTS) is 1. The lowest BCUT2D eigenvalue weighted by atomic mass is 9.80. The molecule has 21 nitrogen and oxygen atoms in total. The molecular formula is C53H90NO20-3. The van der Waals surface area contributed by atoms with Gasteiger partial charge in [-0.2, -0.15) is 0 Å². The Morgan fingerprint density at radius 2 is 1.55 bits per heavy atom. The average molecular weight is 1060 g/mol. The fourth-order valence-corrected chi connectivity index (χ4v) is 10.3. The van der Waals surface area contributed by atoms with Crippen molar-refractivity contribution in [2.75, 3.05) is 34.9 Å². The highest BCUT2D eigenvalue weighted by Gasteiger charge is 2.53. The van der Waals surface area contributed by atoms with Gasteiger partial charge in [0.15, 0.2) is 25.0 Å². The number of esters is 2. The summed E-state index contributed by atoms with van der Waals surface area (Å²) in [5.41, 5.74) is -1.54. The van der Waals surface area contributed by atoms with Gasteiger partial charge in [-0.05, 0) is 60.0 Å². The largest absolute Gasteiger partial charge is 0.956 e. The number of allylic oxidation sites excluding steroid dienone is 2. The Kier molecular flexibility index (Phi) is 26.6. The van der Waals surface area contributed by atoms with Crippen molar-refractivity contribution in [2.24, 2.45) is 35.5 Å². The Morgan fingerprint density at radius 3 is 2.09 bits per heavy atom. The summed E-state index contributed by atoms with van der Waals surface area (Å²) < 4.78 is 60.0. The minimum atomic E-state index is -1.54. The molecule has 3 rings (SSSR count). The molecule has 0 aromatic carbocycles. The van der Waals surface area contributed by atoms with Crippen LogP contribution in [0.3, 0.4) is 0 Å². The first-order valence-corrected chi connectivity index (χ1v) is 26.1. The Bertz CT molecular complexity index is 1730. The normalized spacial score (nSPS) is 34.2. The van der Waals surface area contributed by atoms with Gasteiger partial charge in [0, 0.05) is 59.0 Å². The molecule has 430 valence electrons. The molecule has 0 bridgehead atoms. The van der Waals surface area contributed by atoms with Crippen LogP contribution in [0.2, 0.25) is 0 Å². The van der Waals surface area contributed by atoms with Crippen molar-refractivity contribution in [3.63, 3.8) is 0 Å². The molecule has 3 heterocycles. The van der Waals surface area contributed by atoms with Crippen LogP contribution in [0, 0.1) is 48.3 Å². The van der Waals surface area contributed by atoms with Crippen LogP contribution in [0.15, 0.2) is 11.8 Å².